The van der Waals surface area contributed by atoms with E-state index in [1.165, 1.54) is 0 Å². The average molecular weight is 642 g/mol. The van der Waals surface area contributed by atoms with E-state index in [1.807, 2.05) is 91.1 Å². The van der Waals surface area contributed by atoms with E-state index in [4.69, 9.17) is 18.8 Å². The van der Waals surface area contributed by atoms with Gasteiger partial charge >= 0.3 is 0 Å². The van der Waals surface area contributed by atoms with E-state index >= 15 is 0 Å². The highest BCUT2D eigenvalue weighted by atomic mass is 16.3. The molecule has 6 aromatic carbocycles. The molecule has 0 aliphatic rings. The molecule has 0 aliphatic carbocycles. The Morgan fingerprint density at radius 1 is 0.380 bits per heavy atom. The molecule has 0 radical (unpaired) electrons. The zero-order valence-corrected chi connectivity index (χ0v) is 26.7. The number of furan rings is 2. The predicted octanol–water partition coefficient (Wildman–Crippen LogP) is 12.0. The fourth-order valence-corrected chi connectivity index (χ4v) is 7.10. The largest absolute Gasteiger partial charge is 0.455 e. The maximum absolute atomic E-state index is 6.72. The van der Waals surface area contributed by atoms with Crippen molar-refractivity contribution in [2.75, 3.05) is 0 Å². The first kappa shape index (κ1) is 28.2. The number of rotatable bonds is 5. The lowest BCUT2D eigenvalue weighted by atomic mass is 9.96. The number of para-hydroxylation sites is 3. The Morgan fingerprint density at radius 3 is 1.80 bits per heavy atom. The molecule has 0 saturated carbocycles. The summed E-state index contributed by atoms with van der Waals surface area (Å²) < 4.78 is 13.2. The second kappa shape index (κ2) is 11.4. The SMILES string of the molecule is c1ccc(-c2cc(-c3ccccc3-c3ccccn3)nc(-c3ccc(-c4cccc5c4oc4ccccc45)c4oc5ccccc5c34)n2)cc1. The van der Waals surface area contributed by atoms with Gasteiger partial charge in [-0.05, 0) is 42.5 Å². The van der Waals surface area contributed by atoms with Gasteiger partial charge in [-0.3, -0.25) is 4.98 Å². The second-order valence-electron chi connectivity index (χ2n) is 12.3. The van der Waals surface area contributed by atoms with Crippen molar-refractivity contribution in [2.24, 2.45) is 0 Å². The Hall–Kier alpha value is -6.85. The van der Waals surface area contributed by atoms with E-state index in [9.17, 15) is 0 Å². The van der Waals surface area contributed by atoms with Gasteiger partial charge in [-0.1, -0.05) is 115 Å². The Bertz CT molecular complexity index is 2870. The molecule has 0 N–H and O–H groups in total. The van der Waals surface area contributed by atoms with Gasteiger partial charge in [0.2, 0.25) is 0 Å². The number of hydrogen-bond acceptors (Lipinski definition) is 5. The number of pyridine rings is 1. The van der Waals surface area contributed by atoms with Crippen molar-refractivity contribution in [3.05, 3.63) is 164 Å². The van der Waals surface area contributed by atoms with Crippen molar-refractivity contribution in [1.82, 2.24) is 15.0 Å². The molecule has 50 heavy (non-hydrogen) atoms. The molecular formula is C45H27N3O2. The van der Waals surface area contributed by atoms with Crippen molar-refractivity contribution in [2.45, 2.75) is 0 Å². The molecule has 5 nitrogen and oxygen atoms in total. The molecule has 0 saturated heterocycles. The third-order valence-electron chi connectivity index (χ3n) is 9.40. The van der Waals surface area contributed by atoms with Gasteiger partial charge in [0, 0.05) is 61.1 Å². The van der Waals surface area contributed by atoms with Gasteiger partial charge < -0.3 is 8.83 Å². The average Bonchev–Trinajstić information content (AvgIpc) is 3.77. The Balaban J connectivity index is 1.25. The lowest BCUT2D eigenvalue weighted by Crippen LogP contribution is -1.98. The predicted molar refractivity (Wildman–Crippen MR) is 202 cm³/mol. The molecule has 10 rings (SSSR count). The van der Waals surface area contributed by atoms with Crippen LogP contribution in [0.4, 0.5) is 0 Å². The normalized spacial score (nSPS) is 11.6. The zero-order valence-electron chi connectivity index (χ0n) is 26.7. The first-order valence-corrected chi connectivity index (χ1v) is 16.6. The van der Waals surface area contributed by atoms with Gasteiger partial charge in [-0.25, -0.2) is 9.97 Å². The van der Waals surface area contributed by atoms with Crippen LogP contribution < -0.4 is 0 Å². The van der Waals surface area contributed by atoms with Crippen LogP contribution in [0.25, 0.3) is 100 Å². The maximum atomic E-state index is 6.72. The van der Waals surface area contributed by atoms with Crippen LogP contribution in [0.5, 0.6) is 0 Å². The van der Waals surface area contributed by atoms with Crippen molar-refractivity contribution >= 4 is 43.9 Å². The molecule has 234 valence electrons. The molecule has 0 bridgehead atoms. The number of fused-ring (bicyclic) bond motifs is 6. The summed E-state index contributed by atoms with van der Waals surface area (Å²) in [5, 5.41) is 4.12. The van der Waals surface area contributed by atoms with Crippen molar-refractivity contribution < 1.29 is 8.83 Å². The molecule has 0 unspecified atom stereocenters. The maximum Gasteiger partial charge on any atom is 0.161 e. The lowest BCUT2D eigenvalue weighted by molar-refractivity contribution is 0.665. The van der Waals surface area contributed by atoms with E-state index in [0.717, 1.165) is 94.3 Å². The van der Waals surface area contributed by atoms with Gasteiger partial charge in [-0.15, -0.1) is 0 Å². The zero-order chi connectivity index (χ0) is 33.0. The van der Waals surface area contributed by atoms with Gasteiger partial charge in [0.05, 0.1) is 17.1 Å². The van der Waals surface area contributed by atoms with Crippen LogP contribution >= 0.6 is 0 Å². The number of nitrogens with zero attached hydrogens (tertiary/aromatic N) is 3. The smallest absolute Gasteiger partial charge is 0.161 e. The summed E-state index contributed by atoms with van der Waals surface area (Å²) in [6.07, 6.45) is 1.82. The molecule has 5 heteroatoms. The summed E-state index contributed by atoms with van der Waals surface area (Å²) >= 11 is 0. The molecule has 4 heterocycles. The standard InChI is InChI=1S/C45H27N3O2/c1-2-13-28(14-3-1)38-27-39(30-16-5-4-15-29(30)37-21-10-11-26-46-37)48-45(47-38)36-25-24-34(44-42(36)35-18-7-9-23-41(35)50-44)33-20-12-19-32-31-17-6-8-22-40(31)49-43(32)33/h1-27H. The minimum atomic E-state index is 0.613. The van der Waals surface area contributed by atoms with E-state index in [-0.39, 0.29) is 0 Å². The van der Waals surface area contributed by atoms with Crippen molar-refractivity contribution in [3.63, 3.8) is 0 Å². The van der Waals surface area contributed by atoms with E-state index in [0.29, 0.717) is 5.82 Å². The molecule has 0 fully saturated rings. The second-order valence-corrected chi connectivity index (χ2v) is 12.3. The minimum absolute atomic E-state index is 0.613. The Labute approximate surface area is 287 Å². The van der Waals surface area contributed by atoms with E-state index < -0.39 is 0 Å². The third kappa shape index (κ3) is 4.52. The molecule has 0 amide bonds. The summed E-state index contributed by atoms with van der Waals surface area (Å²) in [6.45, 7) is 0. The van der Waals surface area contributed by atoms with Crippen molar-refractivity contribution in [3.8, 4) is 56.3 Å². The monoisotopic (exact) mass is 641 g/mol. The summed E-state index contributed by atoms with van der Waals surface area (Å²) in [7, 11) is 0. The molecule has 0 spiro atoms. The topological polar surface area (TPSA) is 65.0 Å². The van der Waals surface area contributed by atoms with Crippen LogP contribution in [0.1, 0.15) is 0 Å². The van der Waals surface area contributed by atoms with Crippen LogP contribution in [0.3, 0.4) is 0 Å². The number of aromatic nitrogens is 3. The fraction of sp³-hybridized carbons (Fsp3) is 0. The number of benzene rings is 6. The number of hydrogen-bond donors (Lipinski definition) is 0. The highest BCUT2D eigenvalue weighted by molar-refractivity contribution is 6.18. The van der Waals surface area contributed by atoms with Crippen LogP contribution in [0.15, 0.2) is 173 Å². The van der Waals surface area contributed by atoms with Gasteiger partial charge in [-0.2, -0.15) is 0 Å². The van der Waals surface area contributed by atoms with E-state index in [1.54, 1.807) is 0 Å². The Kier molecular flexibility index (Phi) is 6.42. The molecule has 0 atom stereocenters. The molecule has 0 aliphatic heterocycles. The van der Waals surface area contributed by atoms with Gasteiger partial charge in [0.25, 0.3) is 0 Å². The highest BCUT2D eigenvalue weighted by Crippen LogP contribution is 2.44. The molecule has 4 aromatic heterocycles. The van der Waals surface area contributed by atoms with Gasteiger partial charge in [0.1, 0.15) is 22.3 Å². The highest BCUT2D eigenvalue weighted by Gasteiger charge is 2.22. The first-order valence-electron chi connectivity index (χ1n) is 16.6. The molecule has 10 aromatic rings. The quantitative estimate of drug-likeness (QED) is 0.187. The summed E-state index contributed by atoms with van der Waals surface area (Å²) in [5.41, 5.74) is 11.6. The fourth-order valence-electron chi connectivity index (χ4n) is 7.10. The van der Waals surface area contributed by atoms with Gasteiger partial charge in [0.15, 0.2) is 5.82 Å². The third-order valence-corrected chi connectivity index (χ3v) is 9.40. The summed E-state index contributed by atoms with van der Waals surface area (Å²) in [6, 6.07) is 53.4. The summed E-state index contributed by atoms with van der Waals surface area (Å²) in [5.74, 6) is 0.613. The Morgan fingerprint density at radius 2 is 0.980 bits per heavy atom. The molecular weight excluding hydrogens is 615 g/mol. The van der Waals surface area contributed by atoms with E-state index in [2.05, 4.69) is 77.8 Å². The summed E-state index contributed by atoms with van der Waals surface area (Å²) in [4.78, 5) is 15.2. The van der Waals surface area contributed by atoms with Crippen LogP contribution in [0, 0.1) is 0 Å². The first-order chi connectivity index (χ1) is 24.8. The van der Waals surface area contributed by atoms with Crippen molar-refractivity contribution in [1.29, 1.82) is 0 Å². The lowest BCUT2D eigenvalue weighted by Gasteiger charge is -2.13. The minimum Gasteiger partial charge on any atom is -0.455 e. The van der Waals surface area contributed by atoms with Crippen LogP contribution in [-0.2, 0) is 0 Å². The van der Waals surface area contributed by atoms with Crippen LogP contribution in [0.2, 0.25) is 0 Å². The van der Waals surface area contributed by atoms with Crippen LogP contribution in [-0.4, -0.2) is 15.0 Å².